The van der Waals surface area contributed by atoms with Crippen molar-refractivity contribution in [1.29, 1.82) is 0 Å². The molecule has 1 saturated heterocycles. The minimum atomic E-state index is -0.486. The Morgan fingerprint density at radius 1 is 1.33 bits per heavy atom. The maximum absolute atomic E-state index is 12.4. The first-order valence-electron chi connectivity index (χ1n) is 8.11. The zero-order chi connectivity index (χ0) is 15.8. The monoisotopic (exact) mass is 295 g/mol. The maximum atomic E-state index is 12.4. The summed E-state index contributed by atoms with van der Waals surface area (Å²) >= 11 is 0. The van der Waals surface area contributed by atoms with Crippen LogP contribution < -0.4 is 0 Å². The first-order valence-corrected chi connectivity index (χ1v) is 8.11. The fraction of sp³-hybridized carbons (Fsp3) is 0.882. The van der Waals surface area contributed by atoms with Gasteiger partial charge in [0, 0.05) is 24.9 Å². The SMILES string of the molecule is CC1(C)CCC(=O)C(C2CCCN2C(=O)OC(C)(C)C)C1. The Morgan fingerprint density at radius 2 is 2.00 bits per heavy atom. The van der Waals surface area contributed by atoms with Gasteiger partial charge in [0.1, 0.15) is 11.4 Å². The average molecular weight is 295 g/mol. The van der Waals surface area contributed by atoms with Crippen LogP contribution in [0.5, 0.6) is 0 Å². The first-order chi connectivity index (χ1) is 9.59. The summed E-state index contributed by atoms with van der Waals surface area (Å²) in [5, 5.41) is 0. The number of ketones is 1. The minimum Gasteiger partial charge on any atom is -0.444 e. The van der Waals surface area contributed by atoms with Gasteiger partial charge in [-0.1, -0.05) is 13.8 Å². The molecule has 120 valence electrons. The third-order valence-corrected chi connectivity index (χ3v) is 4.63. The smallest absolute Gasteiger partial charge is 0.410 e. The number of amides is 1. The van der Waals surface area contributed by atoms with Gasteiger partial charge in [-0.15, -0.1) is 0 Å². The fourth-order valence-electron chi connectivity index (χ4n) is 3.57. The van der Waals surface area contributed by atoms with Crippen molar-refractivity contribution in [3.8, 4) is 0 Å². The number of likely N-dealkylation sites (tertiary alicyclic amines) is 1. The van der Waals surface area contributed by atoms with E-state index in [0.29, 0.717) is 18.7 Å². The zero-order valence-corrected chi connectivity index (χ0v) is 14.1. The summed E-state index contributed by atoms with van der Waals surface area (Å²) in [4.78, 5) is 26.5. The predicted octanol–water partition coefficient (Wildman–Crippen LogP) is 3.78. The van der Waals surface area contributed by atoms with Crippen molar-refractivity contribution in [2.75, 3.05) is 6.54 Å². The van der Waals surface area contributed by atoms with Gasteiger partial charge in [0.2, 0.25) is 0 Å². The molecule has 21 heavy (non-hydrogen) atoms. The Bertz CT molecular complexity index is 422. The molecular formula is C17H29NO3. The second kappa shape index (κ2) is 5.62. The van der Waals surface area contributed by atoms with Crippen molar-refractivity contribution in [3.05, 3.63) is 0 Å². The average Bonchev–Trinajstić information content (AvgIpc) is 2.79. The van der Waals surface area contributed by atoms with Crippen LogP contribution in [0.15, 0.2) is 0 Å². The Hall–Kier alpha value is -1.06. The zero-order valence-electron chi connectivity index (χ0n) is 14.1. The number of Topliss-reactive ketones (excluding diaryl/α,β-unsaturated/α-hetero) is 1. The van der Waals surface area contributed by atoms with E-state index in [4.69, 9.17) is 4.74 Å². The van der Waals surface area contributed by atoms with E-state index in [1.807, 2.05) is 20.8 Å². The van der Waals surface area contributed by atoms with Gasteiger partial charge in [-0.25, -0.2) is 4.79 Å². The van der Waals surface area contributed by atoms with Crippen LogP contribution in [-0.2, 0) is 9.53 Å². The molecule has 1 heterocycles. The van der Waals surface area contributed by atoms with Gasteiger partial charge < -0.3 is 9.64 Å². The van der Waals surface area contributed by atoms with Crippen molar-refractivity contribution in [3.63, 3.8) is 0 Å². The van der Waals surface area contributed by atoms with E-state index in [0.717, 1.165) is 25.7 Å². The lowest BCUT2D eigenvalue weighted by molar-refractivity contribution is -0.129. The van der Waals surface area contributed by atoms with Gasteiger partial charge >= 0.3 is 6.09 Å². The molecule has 2 fully saturated rings. The molecule has 2 atom stereocenters. The van der Waals surface area contributed by atoms with Crippen molar-refractivity contribution in [2.45, 2.75) is 78.4 Å². The Labute approximate surface area is 128 Å². The van der Waals surface area contributed by atoms with Gasteiger partial charge in [-0.05, 0) is 51.9 Å². The number of ether oxygens (including phenoxy) is 1. The molecule has 0 bridgehead atoms. The standard InChI is InChI=1S/C17H29NO3/c1-16(2,3)21-15(20)18-10-6-7-13(18)12-11-17(4,5)9-8-14(12)19/h12-13H,6-11H2,1-5H3. The van der Waals surface area contributed by atoms with Crippen molar-refractivity contribution in [1.82, 2.24) is 4.90 Å². The van der Waals surface area contributed by atoms with E-state index < -0.39 is 5.60 Å². The van der Waals surface area contributed by atoms with Gasteiger partial charge in [0.25, 0.3) is 0 Å². The molecule has 0 aromatic rings. The van der Waals surface area contributed by atoms with E-state index in [9.17, 15) is 9.59 Å². The van der Waals surface area contributed by atoms with E-state index >= 15 is 0 Å². The van der Waals surface area contributed by atoms with Gasteiger partial charge in [0.15, 0.2) is 0 Å². The number of carbonyl (C=O) groups excluding carboxylic acids is 2. The molecule has 2 rings (SSSR count). The lowest BCUT2D eigenvalue weighted by Gasteiger charge is -2.40. The number of hydrogen-bond donors (Lipinski definition) is 0. The summed E-state index contributed by atoms with van der Waals surface area (Å²) in [6, 6.07) is 0.0342. The van der Waals surface area contributed by atoms with Crippen LogP contribution >= 0.6 is 0 Å². The summed E-state index contributed by atoms with van der Waals surface area (Å²) in [7, 11) is 0. The summed E-state index contributed by atoms with van der Waals surface area (Å²) in [5.41, 5.74) is -0.291. The molecule has 0 aromatic heterocycles. The first kappa shape index (κ1) is 16.3. The molecule has 0 radical (unpaired) electrons. The van der Waals surface area contributed by atoms with E-state index in [1.54, 1.807) is 4.90 Å². The van der Waals surface area contributed by atoms with Gasteiger partial charge in [-0.3, -0.25) is 4.79 Å². The van der Waals surface area contributed by atoms with E-state index in [1.165, 1.54) is 0 Å². The van der Waals surface area contributed by atoms with Gasteiger partial charge in [0.05, 0.1) is 0 Å². The fourth-order valence-corrected chi connectivity index (χ4v) is 3.57. The lowest BCUT2D eigenvalue weighted by atomic mass is 9.69. The summed E-state index contributed by atoms with van der Waals surface area (Å²) in [5.74, 6) is 0.318. The molecule has 2 unspecified atom stereocenters. The molecule has 1 aliphatic heterocycles. The minimum absolute atomic E-state index is 0.0104. The molecular weight excluding hydrogens is 266 g/mol. The van der Waals surface area contributed by atoms with Crippen LogP contribution in [0.25, 0.3) is 0 Å². The van der Waals surface area contributed by atoms with Crippen LogP contribution in [0.1, 0.15) is 66.7 Å². The third-order valence-electron chi connectivity index (χ3n) is 4.63. The summed E-state index contributed by atoms with van der Waals surface area (Å²) < 4.78 is 5.51. The topological polar surface area (TPSA) is 46.6 Å². The van der Waals surface area contributed by atoms with E-state index in [-0.39, 0.29) is 23.5 Å². The Kier molecular flexibility index (Phi) is 4.36. The van der Waals surface area contributed by atoms with Crippen LogP contribution in [-0.4, -0.2) is 35.0 Å². The Balaban J connectivity index is 2.10. The summed E-state index contributed by atoms with van der Waals surface area (Å²) in [6.07, 6.45) is 4.12. The summed E-state index contributed by atoms with van der Waals surface area (Å²) in [6.45, 7) is 10.8. The number of hydrogen-bond acceptors (Lipinski definition) is 3. The molecule has 4 heteroatoms. The van der Waals surface area contributed by atoms with Crippen molar-refractivity contribution in [2.24, 2.45) is 11.3 Å². The van der Waals surface area contributed by atoms with Crippen LogP contribution in [0, 0.1) is 11.3 Å². The highest BCUT2D eigenvalue weighted by Crippen LogP contribution is 2.41. The number of nitrogens with zero attached hydrogens (tertiary/aromatic N) is 1. The van der Waals surface area contributed by atoms with Crippen molar-refractivity contribution >= 4 is 11.9 Å². The third kappa shape index (κ3) is 3.98. The van der Waals surface area contributed by atoms with E-state index in [2.05, 4.69) is 13.8 Å². The molecule has 0 aromatic carbocycles. The van der Waals surface area contributed by atoms with Crippen LogP contribution in [0.3, 0.4) is 0 Å². The van der Waals surface area contributed by atoms with Crippen LogP contribution in [0.2, 0.25) is 0 Å². The quantitative estimate of drug-likeness (QED) is 0.739. The number of carbonyl (C=O) groups is 2. The molecule has 1 amide bonds. The molecule has 0 N–H and O–H groups in total. The normalized spacial score (nSPS) is 29.6. The van der Waals surface area contributed by atoms with Crippen LogP contribution in [0.4, 0.5) is 4.79 Å². The second-order valence-corrected chi connectivity index (χ2v) is 8.32. The molecule has 0 spiro atoms. The van der Waals surface area contributed by atoms with Gasteiger partial charge in [-0.2, -0.15) is 0 Å². The second-order valence-electron chi connectivity index (χ2n) is 8.32. The Morgan fingerprint density at radius 3 is 2.62 bits per heavy atom. The highest BCUT2D eigenvalue weighted by molar-refractivity contribution is 5.83. The predicted molar refractivity (Wildman–Crippen MR) is 82.1 cm³/mol. The maximum Gasteiger partial charge on any atom is 0.410 e. The highest BCUT2D eigenvalue weighted by atomic mass is 16.6. The lowest BCUT2D eigenvalue weighted by Crippen LogP contribution is -2.47. The molecule has 2 aliphatic rings. The molecule has 4 nitrogen and oxygen atoms in total. The largest absolute Gasteiger partial charge is 0.444 e. The molecule has 1 saturated carbocycles. The molecule has 1 aliphatic carbocycles. The highest BCUT2D eigenvalue weighted by Gasteiger charge is 2.44. The number of rotatable bonds is 1. The van der Waals surface area contributed by atoms with Crippen molar-refractivity contribution < 1.29 is 14.3 Å².